The summed E-state index contributed by atoms with van der Waals surface area (Å²) in [6, 6.07) is 15.3. The maximum absolute atomic E-state index is 13.0. The van der Waals surface area contributed by atoms with Gasteiger partial charge in [-0.1, -0.05) is 24.3 Å². The smallest absolute Gasteiger partial charge is 0.276 e. The molecule has 0 aliphatic heterocycles. The van der Waals surface area contributed by atoms with Crippen molar-refractivity contribution in [3.63, 3.8) is 0 Å². The van der Waals surface area contributed by atoms with Crippen molar-refractivity contribution in [2.45, 2.75) is 6.54 Å². The summed E-state index contributed by atoms with van der Waals surface area (Å²) >= 11 is 0. The largest absolute Gasteiger partial charge is 0.319 e. The Labute approximate surface area is 151 Å². The van der Waals surface area contributed by atoms with E-state index in [1.54, 1.807) is 6.20 Å². The first-order valence-corrected chi connectivity index (χ1v) is 8.39. The summed E-state index contributed by atoms with van der Waals surface area (Å²) < 4.78 is 1.95. The van der Waals surface area contributed by atoms with Crippen LogP contribution >= 0.6 is 0 Å². The summed E-state index contributed by atoms with van der Waals surface area (Å²) in [6.45, 7) is 0.613. The lowest BCUT2D eigenvalue weighted by atomic mass is 10.2. The SMILES string of the molecule is CN(C)Cc1c(C(=O)Nc2cccc3cccnc23)nc2ccccn12. The molecule has 4 rings (SSSR count). The minimum atomic E-state index is -0.233. The number of carbonyl (C=O) groups excluding carboxylic acids is 1. The minimum absolute atomic E-state index is 0.233. The standard InChI is InChI=1S/C20H19N5O/c1-24(2)13-16-19(23-17-10-3-4-12-25(16)17)20(26)22-15-9-5-7-14-8-6-11-21-18(14)15/h3-12H,13H2,1-2H3,(H,22,26). The Kier molecular flexibility index (Phi) is 4.10. The number of rotatable bonds is 4. The van der Waals surface area contributed by atoms with Gasteiger partial charge in [-0.3, -0.25) is 9.78 Å². The third kappa shape index (κ3) is 2.91. The molecule has 130 valence electrons. The summed E-state index contributed by atoms with van der Waals surface area (Å²) in [5, 5.41) is 3.96. The summed E-state index contributed by atoms with van der Waals surface area (Å²) in [5.41, 5.74) is 3.49. The number of amides is 1. The van der Waals surface area contributed by atoms with Crippen molar-refractivity contribution < 1.29 is 4.79 Å². The fourth-order valence-electron chi connectivity index (χ4n) is 3.07. The fraction of sp³-hybridized carbons (Fsp3) is 0.150. The van der Waals surface area contributed by atoms with E-state index in [4.69, 9.17) is 0 Å². The maximum Gasteiger partial charge on any atom is 0.276 e. The number of para-hydroxylation sites is 1. The number of nitrogens with zero attached hydrogens (tertiary/aromatic N) is 4. The van der Waals surface area contributed by atoms with Crippen molar-refractivity contribution in [3.8, 4) is 0 Å². The summed E-state index contributed by atoms with van der Waals surface area (Å²) in [6.07, 6.45) is 3.65. The van der Waals surface area contributed by atoms with Gasteiger partial charge < -0.3 is 14.6 Å². The van der Waals surface area contributed by atoms with Gasteiger partial charge in [0.15, 0.2) is 5.69 Å². The second kappa shape index (κ2) is 6.57. The highest BCUT2D eigenvalue weighted by Crippen LogP contribution is 2.22. The lowest BCUT2D eigenvalue weighted by molar-refractivity contribution is 0.102. The van der Waals surface area contributed by atoms with Gasteiger partial charge in [0.05, 0.1) is 16.9 Å². The molecule has 0 aliphatic carbocycles. The predicted octanol–water partition coefficient (Wildman–Crippen LogP) is 3.20. The molecule has 1 N–H and O–H groups in total. The number of hydrogen-bond acceptors (Lipinski definition) is 4. The van der Waals surface area contributed by atoms with Crippen LogP contribution in [-0.2, 0) is 6.54 Å². The van der Waals surface area contributed by atoms with Crippen molar-refractivity contribution in [3.05, 3.63) is 72.3 Å². The molecule has 26 heavy (non-hydrogen) atoms. The second-order valence-corrected chi connectivity index (χ2v) is 6.41. The molecule has 0 unspecified atom stereocenters. The van der Waals surface area contributed by atoms with Crippen LogP contribution in [0.15, 0.2) is 60.9 Å². The van der Waals surface area contributed by atoms with Crippen LogP contribution < -0.4 is 5.32 Å². The maximum atomic E-state index is 13.0. The average Bonchev–Trinajstić information content (AvgIpc) is 3.00. The van der Waals surface area contributed by atoms with Gasteiger partial charge in [-0.05, 0) is 38.4 Å². The Hall–Kier alpha value is -3.25. The van der Waals surface area contributed by atoms with Crippen molar-refractivity contribution in [1.29, 1.82) is 0 Å². The predicted molar refractivity (Wildman–Crippen MR) is 102 cm³/mol. The topological polar surface area (TPSA) is 62.5 Å². The number of benzene rings is 1. The van der Waals surface area contributed by atoms with Crippen LogP contribution in [0.25, 0.3) is 16.6 Å². The highest BCUT2D eigenvalue weighted by atomic mass is 16.1. The zero-order chi connectivity index (χ0) is 18.1. The van der Waals surface area contributed by atoms with Crippen molar-refractivity contribution in [2.24, 2.45) is 0 Å². The molecule has 4 aromatic rings. The molecule has 1 aromatic carbocycles. The zero-order valence-electron chi connectivity index (χ0n) is 14.7. The van der Waals surface area contributed by atoms with Gasteiger partial charge in [0, 0.05) is 24.3 Å². The molecule has 1 amide bonds. The van der Waals surface area contributed by atoms with Crippen LogP contribution in [-0.4, -0.2) is 39.3 Å². The van der Waals surface area contributed by atoms with E-state index in [-0.39, 0.29) is 5.91 Å². The molecule has 6 heteroatoms. The lowest BCUT2D eigenvalue weighted by Gasteiger charge is -2.12. The van der Waals surface area contributed by atoms with Gasteiger partial charge in [-0.2, -0.15) is 0 Å². The fourth-order valence-corrected chi connectivity index (χ4v) is 3.07. The van der Waals surface area contributed by atoms with Gasteiger partial charge >= 0.3 is 0 Å². The molecule has 0 saturated carbocycles. The van der Waals surface area contributed by atoms with Gasteiger partial charge in [-0.25, -0.2) is 4.98 Å². The number of pyridine rings is 2. The number of carbonyl (C=O) groups is 1. The Bertz CT molecular complexity index is 1090. The average molecular weight is 345 g/mol. The van der Waals surface area contributed by atoms with E-state index in [1.807, 2.05) is 78.1 Å². The van der Waals surface area contributed by atoms with Crippen LogP contribution in [0.2, 0.25) is 0 Å². The summed E-state index contributed by atoms with van der Waals surface area (Å²) in [5.74, 6) is -0.233. The van der Waals surface area contributed by atoms with Gasteiger partial charge in [0.25, 0.3) is 5.91 Å². The molecule has 0 saturated heterocycles. The first-order chi connectivity index (χ1) is 12.6. The Morgan fingerprint density at radius 1 is 1.12 bits per heavy atom. The molecule has 0 bridgehead atoms. The third-order valence-electron chi connectivity index (χ3n) is 4.19. The summed E-state index contributed by atoms with van der Waals surface area (Å²) in [4.78, 5) is 24.0. The molecule has 0 aliphatic rings. The highest BCUT2D eigenvalue weighted by Gasteiger charge is 2.20. The van der Waals surface area contributed by atoms with Gasteiger partial charge in [0.1, 0.15) is 5.65 Å². The lowest BCUT2D eigenvalue weighted by Crippen LogP contribution is -2.19. The molecular weight excluding hydrogens is 326 g/mol. The quantitative estimate of drug-likeness (QED) is 0.617. The van der Waals surface area contributed by atoms with Crippen molar-refractivity contribution >= 4 is 28.1 Å². The van der Waals surface area contributed by atoms with E-state index in [0.29, 0.717) is 17.9 Å². The van der Waals surface area contributed by atoms with E-state index < -0.39 is 0 Å². The Balaban J connectivity index is 1.76. The normalized spacial score (nSPS) is 11.3. The van der Waals surface area contributed by atoms with Crippen LogP contribution in [0.1, 0.15) is 16.2 Å². The molecule has 6 nitrogen and oxygen atoms in total. The molecule has 0 atom stereocenters. The summed E-state index contributed by atoms with van der Waals surface area (Å²) in [7, 11) is 3.94. The Morgan fingerprint density at radius 3 is 2.81 bits per heavy atom. The van der Waals surface area contributed by atoms with Gasteiger partial charge in [0.2, 0.25) is 0 Å². The van der Waals surface area contributed by atoms with Gasteiger partial charge in [-0.15, -0.1) is 0 Å². The molecular formula is C20H19N5O. The first kappa shape index (κ1) is 16.2. The molecule has 3 heterocycles. The highest BCUT2D eigenvalue weighted by molar-refractivity contribution is 6.08. The first-order valence-electron chi connectivity index (χ1n) is 8.39. The monoisotopic (exact) mass is 345 g/mol. The number of fused-ring (bicyclic) bond motifs is 2. The third-order valence-corrected chi connectivity index (χ3v) is 4.19. The molecule has 0 spiro atoms. The Morgan fingerprint density at radius 2 is 1.96 bits per heavy atom. The number of hydrogen-bond donors (Lipinski definition) is 1. The number of anilines is 1. The second-order valence-electron chi connectivity index (χ2n) is 6.41. The zero-order valence-corrected chi connectivity index (χ0v) is 14.7. The van der Waals surface area contributed by atoms with Crippen molar-refractivity contribution in [1.82, 2.24) is 19.3 Å². The molecule has 0 fully saturated rings. The molecule has 0 radical (unpaired) electrons. The van der Waals surface area contributed by atoms with Crippen LogP contribution in [0.4, 0.5) is 5.69 Å². The number of imidazole rings is 1. The van der Waals surface area contributed by atoms with E-state index in [2.05, 4.69) is 15.3 Å². The van der Waals surface area contributed by atoms with Crippen LogP contribution in [0.5, 0.6) is 0 Å². The van der Waals surface area contributed by atoms with E-state index in [1.165, 1.54) is 0 Å². The minimum Gasteiger partial charge on any atom is -0.319 e. The van der Waals surface area contributed by atoms with E-state index >= 15 is 0 Å². The van der Waals surface area contributed by atoms with Crippen LogP contribution in [0, 0.1) is 0 Å². The van der Waals surface area contributed by atoms with Crippen molar-refractivity contribution in [2.75, 3.05) is 19.4 Å². The number of aromatic nitrogens is 3. The van der Waals surface area contributed by atoms with E-state index in [0.717, 1.165) is 22.2 Å². The number of nitrogens with one attached hydrogen (secondary N) is 1. The van der Waals surface area contributed by atoms with Crippen LogP contribution in [0.3, 0.4) is 0 Å². The molecule has 3 aromatic heterocycles. The van der Waals surface area contributed by atoms with E-state index in [9.17, 15) is 4.79 Å².